The van der Waals surface area contributed by atoms with Crippen LogP contribution >= 0.6 is 15.9 Å². The summed E-state index contributed by atoms with van der Waals surface area (Å²) in [7, 11) is 0. The minimum absolute atomic E-state index is 0.304. The van der Waals surface area contributed by atoms with Crippen molar-refractivity contribution < 1.29 is 9.59 Å². The maximum absolute atomic E-state index is 12.7. The number of benzene rings is 3. The first-order valence-electron chi connectivity index (χ1n) is 8.35. The van der Waals surface area contributed by atoms with Crippen molar-refractivity contribution in [2.75, 3.05) is 4.90 Å². The van der Waals surface area contributed by atoms with E-state index in [2.05, 4.69) is 25.9 Å². The summed E-state index contributed by atoms with van der Waals surface area (Å²) in [5.74, 6) is 0.0733. The Morgan fingerprint density at radius 2 is 1.59 bits per heavy atom. The fraction of sp³-hybridized carbons (Fsp3) is 0. The van der Waals surface area contributed by atoms with Crippen molar-refractivity contribution in [3.8, 4) is 11.4 Å². The summed E-state index contributed by atoms with van der Waals surface area (Å²) in [4.78, 5) is 34.5. The molecule has 0 unspecified atom stereocenters. The zero-order chi connectivity index (χ0) is 18.5. The normalized spacial score (nSPS) is 13.4. The highest BCUT2D eigenvalue weighted by molar-refractivity contribution is 9.10. The largest absolute Gasteiger partial charge is 0.338 e. The molecule has 1 aliphatic heterocycles. The number of nitrogens with zero attached hydrogens (tertiary/aromatic N) is 2. The van der Waals surface area contributed by atoms with Gasteiger partial charge in [-0.25, -0.2) is 9.88 Å². The fourth-order valence-corrected chi connectivity index (χ4v) is 3.70. The number of amides is 2. The molecule has 27 heavy (non-hydrogen) atoms. The van der Waals surface area contributed by atoms with E-state index in [1.54, 1.807) is 36.4 Å². The Kier molecular flexibility index (Phi) is 3.48. The quantitative estimate of drug-likeness (QED) is 0.476. The lowest BCUT2D eigenvalue weighted by molar-refractivity contribution is 0.0926. The smallest absolute Gasteiger partial charge is 0.266 e. The van der Waals surface area contributed by atoms with Gasteiger partial charge < -0.3 is 4.98 Å². The second-order valence-electron chi connectivity index (χ2n) is 6.29. The van der Waals surface area contributed by atoms with Crippen LogP contribution in [0.15, 0.2) is 71.2 Å². The Labute approximate surface area is 162 Å². The van der Waals surface area contributed by atoms with Gasteiger partial charge in [0.15, 0.2) is 0 Å². The van der Waals surface area contributed by atoms with Gasteiger partial charge >= 0.3 is 0 Å². The summed E-state index contributed by atoms with van der Waals surface area (Å²) in [6.45, 7) is 0. The zero-order valence-electron chi connectivity index (χ0n) is 13.9. The molecule has 0 saturated heterocycles. The molecule has 0 radical (unpaired) electrons. The summed E-state index contributed by atoms with van der Waals surface area (Å²) in [5.41, 5.74) is 3.95. The average Bonchev–Trinajstić information content (AvgIpc) is 3.21. The number of fused-ring (bicyclic) bond motifs is 2. The Hall–Kier alpha value is -3.25. The number of halogens is 1. The van der Waals surface area contributed by atoms with Crippen molar-refractivity contribution in [3.63, 3.8) is 0 Å². The SMILES string of the molecule is O=C1c2ccccc2C(=O)N1c1cccc(-c2nc3ccc(Br)cc3[nH]2)c1. The number of aromatic amines is 1. The molecular weight excluding hydrogens is 406 g/mol. The molecule has 0 bridgehead atoms. The van der Waals surface area contributed by atoms with Gasteiger partial charge in [0, 0.05) is 10.0 Å². The van der Waals surface area contributed by atoms with E-state index in [9.17, 15) is 9.59 Å². The molecule has 0 atom stereocenters. The van der Waals surface area contributed by atoms with Gasteiger partial charge in [-0.1, -0.05) is 40.2 Å². The van der Waals surface area contributed by atoms with Crippen molar-refractivity contribution in [1.29, 1.82) is 0 Å². The van der Waals surface area contributed by atoms with E-state index in [1.807, 2.05) is 30.3 Å². The third-order valence-electron chi connectivity index (χ3n) is 4.62. The molecule has 0 fully saturated rings. The highest BCUT2D eigenvalue weighted by Gasteiger charge is 2.36. The zero-order valence-corrected chi connectivity index (χ0v) is 15.5. The first-order chi connectivity index (χ1) is 13.1. The molecule has 5 nitrogen and oxygen atoms in total. The van der Waals surface area contributed by atoms with Gasteiger partial charge in [-0.15, -0.1) is 0 Å². The van der Waals surface area contributed by atoms with Gasteiger partial charge in [0.25, 0.3) is 11.8 Å². The van der Waals surface area contributed by atoms with Gasteiger partial charge in [-0.05, 0) is 42.5 Å². The molecular formula is C21H12BrN3O2. The molecule has 6 heteroatoms. The second kappa shape index (κ2) is 5.89. The summed E-state index contributed by atoms with van der Waals surface area (Å²) in [6.07, 6.45) is 0. The maximum atomic E-state index is 12.7. The standard InChI is InChI=1S/C21H12BrN3O2/c22-13-8-9-17-18(11-13)24-19(23-17)12-4-3-5-14(10-12)25-20(26)15-6-1-2-7-16(15)21(25)27/h1-11H,(H,23,24). The Morgan fingerprint density at radius 1 is 0.852 bits per heavy atom. The van der Waals surface area contributed by atoms with E-state index in [-0.39, 0.29) is 11.8 Å². The minimum atomic E-state index is -0.304. The molecule has 4 aromatic rings. The Bertz CT molecular complexity index is 1210. The predicted octanol–water partition coefficient (Wildman–Crippen LogP) is 4.79. The van der Waals surface area contributed by atoms with E-state index >= 15 is 0 Å². The van der Waals surface area contributed by atoms with Crippen LogP contribution in [0, 0.1) is 0 Å². The first kappa shape index (κ1) is 16.0. The molecule has 2 amide bonds. The lowest BCUT2D eigenvalue weighted by Gasteiger charge is -2.14. The number of hydrogen-bond donors (Lipinski definition) is 1. The summed E-state index contributed by atoms with van der Waals surface area (Å²) < 4.78 is 0.963. The van der Waals surface area contributed by atoms with Crippen LogP contribution in [0.3, 0.4) is 0 Å². The summed E-state index contributed by atoms with van der Waals surface area (Å²) >= 11 is 3.45. The van der Waals surface area contributed by atoms with Crippen molar-refractivity contribution >= 4 is 44.5 Å². The van der Waals surface area contributed by atoms with Gasteiger partial charge in [-0.3, -0.25) is 9.59 Å². The minimum Gasteiger partial charge on any atom is -0.338 e. The molecule has 5 rings (SSSR count). The van der Waals surface area contributed by atoms with Crippen molar-refractivity contribution in [1.82, 2.24) is 9.97 Å². The Balaban J connectivity index is 1.58. The lowest BCUT2D eigenvalue weighted by Crippen LogP contribution is -2.29. The van der Waals surface area contributed by atoms with Crippen LogP contribution in [0.2, 0.25) is 0 Å². The summed E-state index contributed by atoms with van der Waals surface area (Å²) in [5, 5.41) is 0. The first-order valence-corrected chi connectivity index (χ1v) is 9.15. The van der Waals surface area contributed by atoms with Gasteiger partial charge in [-0.2, -0.15) is 0 Å². The van der Waals surface area contributed by atoms with E-state index in [1.165, 1.54) is 4.90 Å². The van der Waals surface area contributed by atoms with Crippen LogP contribution in [0.1, 0.15) is 20.7 Å². The molecule has 0 saturated carbocycles. The number of anilines is 1. The van der Waals surface area contributed by atoms with Gasteiger partial charge in [0.05, 0.1) is 27.8 Å². The van der Waals surface area contributed by atoms with E-state index in [4.69, 9.17) is 0 Å². The van der Waals surface area contributed by atoms with Gasteiger partial charge in [0.1, 0.15) is 5.82 Å². The van der Waals surface area contributed by atoms with Crippen molar-refractivity contribution in [2.24, 2.45) is 0 Å². The fourth-order valence-electron chi connectivity index (χ4n) is 3.33. The molecule has 1 N–H and O–H groups in total. The number of rotatable bonds is 2. The van der Waals surface area contributed by atoms with Crippen molar-refractivity contribution in [2.45, 2.75) is 0 Å². The van der Waals surface area contributed by atoms with Crippen LogP contribution in [-0.4, -0.2) is 21.8 Å². The number of hydrogen-bond acceptors (Lipinski definition) is 3. The van der Waals surface area contributed by atoms with Crippen LogP contribution in [0.4, 0.5) is 5.69 Å². The number of carbonyl (C=O) groups excluding carboxylic acids is 2. The third kappa shape index (κ3) is 2.49. The van der Waals surface area contributed by atoms with Crippen LogP contribution < -0.4 is 4.90 Å². The van der Waals surface area contributed by atoms with E-state index < -0.39 is 0 Å². The molecule has 0 aliphatic carbocycles. The van der Waals surface area contributed by atoms with Gasteiger partial charge in [0.2, 0.25) is 0 Å². The average molecular weight is 418 g/mol. The topological polar surface area (TPSA) is 66.1 Å². The predicted molar refractivity (Wildman–Crippen MR) is 107 cm³/mol. The molecule has 1 aromatic heterocycles. The highest BCUT2D eigenvalue weighted by Crippen LogP contribution is 2.31. The number of nitrogens with one attached hydrogen (secondary N) is 1. The van der Waals surface area contributed by atoms with E-state index in [0.29, 0.717) is 22.6 Å². The molecule has 130 valence electrons. The number of aromatic nitrogens is 2. The number of imide groups is 1. The van der Waals surface area contributed by atoms with Crippen LogP contribution in [0.25, 0.3) is 22.4 Å². The monoisotopic (exact) mass is 417 g/mol. The highest BCUT2D eigenvalue weighted by atomic mass is 79.9. The molecule has 1 aliphatic rings. The maximum Gasteiger partial charge on any atom is 0.266 e. The Morgan fingerprint density at radius 3 is 2.33 bits per heavy atom. The van der Waals surface area contributed by atoms with Crippen LogP contribution in [0.5, 0.6) is 0 Å². The van der Waals surface area contributed by atoms with E-state index in [0.717, 1.165) is 21.1 Å². The number of carbonyl (C=O) groups is 2. The summed E-state index contributed by atoms with van der Waals surface area (Å²) in [6, 6.07) is 20.0. The van der Waals surface area contributed by atoms with Crippen LogP contribution in [-0.2, 0) is 0 Å². The molecule has 0 spiro atoms. The number of H-pyrrole nitrogens is 1. The lowest BCUT2D eigenvalue weighted by atomic mass is 10.1. The second-order valence-corrected chi connectivity index (χ2v) is 7.20. The number of imidazole rings is 1. The third-order valence-corrected chi connectivity index (χ3v) is 5.11. The van der Waals surface area contributed by atoms with Crippen molar-refractivity contribution in [3.05, 3.63) is 82.3 Å². The molecule has 2 heterocycles. The molecule has 3 aromatic carbocycles.